The number of aryl methyl sites for hydroxylation is 1. The van der Waals surface area contributed by atoms with Gasteiger partial charge in [0.2, 0.25) is 0 Å². The smallest absolute Gasteiger partial charge is 0.251 e. The minimum Gasteiger partial charge on any atom is -0.383 e. The maximum Gasteiger partial charge on any atom is 0.251 e. The zero-order chi connectivity index (χ0) is 13.5. The number of aliphatic hydroxyl groups is 1. The molecule has 100 valence electrons. The molecule has 1 atom stereocenters. The van der Waals surface area contributed by atoms with E-state index in [1.54, 1.807) is 36.1 Å². The maximum absolute atomic E-state index is 11.9. The molecule has 1 aromatic heterocycles. The minimum atomic E-state index is -0.899. The number of aromatic nitrogens is 1. The third kappa shape index (κ3) is 4.31. The van der Waals surface area contributed by atoms with Gasteiger partial charge in [-0.1, -0.05) is 0 Å². The average Bonchev–Trinajstić information content (AvgIpc) is 2.37. The molecular formula is C13H20N2O2S. The van der Waals surface area contributed by atoms with Crippen LogP contribution in [0.15, 0.2) is 18.5 Å². The summed E-state index contributed by atoms with van der Waals surface area (Å²) >= 11 is 1.63. The van der Waals surface area contributed by atoms with Crippen molar-refractivity contribution in [1.29, 1.82) is 0 Å². The highest BCUT2D eigenvalue weighted by atomic mass is 32.2. The first kappa shape index (κ1) is 15.0. The molecule has 4 nitrogen and oxygen atoms in total. The van der Waals surface area contributed by atoms with E-state index in [1.165, 1.54) is 0 Å². The van der Waals surface area contributed by atoms with Crippen LogP contribution < -0.4 is 0 Å². The molecule has 0 saturated carbocycles. The van der Waals surface area contributed by atoms with Crippen molar-refractivity contribution < 1.29 is 9.90 Å². The van der Waals surface area contributed by atoms with Crippen LogP contribution in [0.25, 0.3) is 0 Å². The summed E-state index contributed by atoms with van der Waals surface area (Å²) in [6, 6.07) is 1.90. The standard InChI is InChI=1S/C13H20N2O2S/c1-10-8-14-6-4-11(10)9-15(2)13(17)12(16)5-7-18-3/h4,6,8,12,16H,5,7,9H2,1-3H3/t12-/m1/s1. The van der Waals surface area contributed by atoms with Crippen molar-refractivity contribution in [2.75, 3.05) is 19.1 Å². The van der Waals surface area contributed by atoms with Gasteiger partial charge in [-0.05, 0) is 42.5 Å². The van der Waals surface area contributed by atoms with E-state index in [2.05, 4.69) is 4.98 Å². The third-order valence-corrected chi connectivity index (χ3v) is 3.44. The molecule has 1 aromatic rings. The summed E-state index contributed by atoms with van der Waals surface area (Å²) in [6.07, 6.45) is 5.05. The molecule has 0 aliphatic heterocycles. The van der Waals surface area contributed by atoms with Gasteiger partial charge in [0, 0.05) is 26.0 Å². The quantitative estimate of drug-likeness (QED) is 0.848. The molecule has 1 rings (SSSR count). The number of pyridine rings is 1. The number of nitrogens with zero attached hydrogens (tertiary/aromatic N) is 2. The molecular weight excluding hydrogens is 248 g/mol. The van der Waals surface area contributed by atoms with Gasteiger partial charge in [-0.25, -0.2) is 0 Å². The van der Waals surface area contributed by atoms with Crippen molar-refractivity contribution in [3.05, 3.63) is 29.6 Å². The second-order valence-corrected chi connectivity index (χ2v) is 5.28. The lowest BCUT2D eigenvalue weighted by atomic mass is 10.1. The molecule has 1 amide bonds. The molecule has 1 N–H and O–H groups in total. The summed E-state index contributed by atoms with van der Waals surface area (Å²) < 4.78 is 0. The molecule has 0 unspecified atom stereocenters. The van der Waals surface area contributed by atoms with E-state index in [9.17, 15) is 9.90 Å². The molecule has 0 aliphatic rings. The number of carbonyl (C=O) groups excluding carboxylic acids is 1. The molecule has 0 bridgehead atoms. The van der Waals surface area contributed by atoms with E-state index in [0.717, 1.165) is 16.9 Å². The van der Waals surface area contributed by atoms with Crippen LogP contribution in [0.5, 0.6) is 0 Å². The van der Waals surface area contributed by atoms with Gasteiger partial charge < -0.3 is 10.0 Å². The molecule has 0 spiro atoms. The zero-order valence-corrected chi connectivity index (χ0v) is 11.9. The number of likely N-dealkylation sites (N-methyl/N-ethyl adjacent to an activating group) is 1. The van der Waals surface area contributed by atoms with Crippen LogP contribution >= 0.6 is 11.8 Å². The largest absolute Gasteiger partial charge is 0.383 e. The summed E-state index contributed by atoms with van der Waals surface area (Å²) in [5.74, 6) is 0.565. The van der Waals surface area contributed by atoms with Crippen LogP contribution in [0, 0.1) is 6.92 Å². The Morgan fingerprint density at radius 2 is 2.33 bits per heavy atom. The Morgan fingerprint density at radius 1 is 1.61 bits per heavy atom. The lowest BCUT2D eigenvalue weighted by molar-refractivity contribution is -0.139. The Bertz CT molecular complexity index is 398. The predicted octanol–water partition coefficient (Wildman–Crippen LogP) is 1.46. The Labute approximate surface area is 112 Å². The second-order valence-electron chi connectivity index (χ2n) is 4.29. The molecule has 1 heterocycles. The molecule has 0 aliphatic carbocycles. The Kier molecular flexibility index (Phi) is 6.15. The van der Waals surface area contributed by atoms with E-state index in [-0.39, 0.29) is 5.91 Å². The van der Waals surface area contributed by atoms with Crippen LogP contribution in [0.3, 0.4) is 0 Å². The van der Waals surface area contributed by atoms with Crippen LogP contribution in [-0.4, -0.2) is 46.1 Å². The molecule has 0 fully saturated rings. The summed E-state index contributed by atoms with van der Waals surface area (Å²) in [5, 5.41) is 9.75. The maximum atomic E-state index is 11.9. The monoisotopic (exact) mass is 268 g/mol. The number of hydrogen-bond donors (Lipinski definition) is 1. The normalized spacial score (nSPS) is 12.2. The van der Waals surface area contributed by atoms with Gasteiger partial charge in [0.05, 0.1) is 0 Å². The molecule has 0 aromatic carbocycles. The predicted molar refractivity (Wildman–Crippen MR) is 74.5 cm³/mol. The van der Waals surface area contributed by atoms with Gasteiger partial charge in [0.15, 0.2) is 0 Å². The fourth-order valence-electron chi connectivity index (χ4n) is 1.62. The van der Waals surface area contributed by atoms with Crippen LogP contribution in [0.4, 0.5) is 0 Å². The fraction of sp³-hybridized carbons (Fsp3) is 0.538. The highest BCUT2D eigenvalue weighted by molar-refractivity contribution is 7.98. The van der Waals surface area contributed by atoms with E-state index >= 15 is 0 Å². The number of thioether (sulfide) groups is 1. The molecule has 0 radical (unpaired) electrons. The first-order chi connectivity index (χ1) is 8.56. The van der Waals surface area contributed by atoms with Crippen LogP contribution in [0.2, 0.25) is 0 Å². The van der Waals surface area contributed by atoms with E-state index < -0.39 is 6.10 Å². The van der Waals surface area contributed by atoms with E-state index in [4.69, 9.17) is 0 Å². The molecule has 18 heavy (non-hydrogen) atoms. The highest BCUT2D eigenvalue weighted by Crippen LogP contribution is 2.10. The lowest BCUT2D eigenvalue weighted by Gasteiger charge is -2.21. The van der Waals surface area contributed by atoms with Crippen molar-refractivity contribution in [3.8, 4) is 0 Å². The Balaban J connectivity index is 2.57. The van der Waals surface area contributed by atoms with Gasteiger partial charge in [-0.15, -0.1) is 0 Å². The SMILES string of the molecule is CSCC[C@@H](O)C(=O)N(C)Cc1ccncc1C. The Morgan fingerprint density at radius 3 is 2.94 bits per heavy atom. The first-order valence-electron chi connectivity index (χ1n) is 5.87. The van der Waals surface area contributed by atoms with Crippen molar-refractivity contribution in [1.82, 2.24) is 9.88 Å². The Hall–Kier alpha value is -1.07. The van der Waals surface area contributed by atoms with Gasteiger partial charge in [-0.2, -0.15) is 11.8 Å². The number of hydrogen-bond acceptors (Lipinski definition) is 4. The van der Waals surface area contributed by atoms with E-state index in [1.807, 2.05) is 19.2 Å². The summed E-state index contributed by atoms with van der Waals surface area (Å²) in [4.78, 5) is 17.5. The zero-order valence-electron chi connectivity index (χ0n) is 11.1. The molecule has 0 saturated heterocycles. The van der Waals surface area contributed by atoms with Crippen molar-refractivity contribution in [2.45, 2.75) is 26.0 Å². The summed E-state index contributed by atoms with van der Waals surface area (Å²) in [7, 11) is 1.71. The van der Waals surface area contributed by atoms with Crippen molar-refractivity contribution >= 4 is 17.7 Å². The minimum absolute atomic E-state index is 0.222. The lowest BCUT2D eigenvalue weighted by Crippen LogP contribution is -2.36. The van der Waals surface area contributed by atoms with Gasteiger partial charge in [-0.3, -0.25) is 9.78 Å². The fourth-order valence-corrected chi connectivity index (χ4v) is 2.08. The van der Waals surface area contributed by atoms with Crippen molar-refractivity contribution in [2.24, 2.45) is 0 Å². The second kappa shape index (κ2) is 7.38. The average molecular weight is 268 g/mol. The third-order valence-electron chi connectivity index (χ3n) is 2.80. The van der Waals surface area contributed by atoms with Crippen LogP contribution in [-0.2, 0) is 11.3 Å². The molecule has 5 heteroatoms. The van der Waals surface area contributed by atoms with E-state index in [0.29, 0.717) is 13.0 Å². The summed E-state index contributed by atoms with van der Waals surface area (Å²) in [5.41, 5.74) is 2.11. The number of aliphatic hydroxyl groups excluding tert-OH is 1. The number of amides is 1. The topological polar surface area (TPSA) is 53.4 Å². The van der Waals surface area contributed by atoms with Gasteiger partial charge in [0.25, 0.3) is 5.91 Å². The number of rotatable bonds is 6. The highest BCUT2D eigenvalue weighted by Gasteiger charge is 2.19. The summed E-state index contributed by atoms with van der Waals surface area (Å²) in [6.45, 7) is 2.47. The van der Waals surface area contributed by atoms with Crippen molar-refractivity contribution in [3.63, 3.8) is 0 Å². The van der Waals surface area contributed by atoms with Crippen LogP contribution in [0.1, 0.15) is 17.5 Å². The van der Waals surface area contributed by atoms with Gasteiger partial charge in [0.1, 0.15) is 6.10 Å². The number of carbonyl (C=O) groups is 1. The first-order valence-corrected chi connectivity index (χ1v) is 7.27. The van der Waals surface area contributed by atoms with Gasteiger partial charge >= 0.3 is 0 Å².